The SMILES string of the molecule is C=C(Nc1ccc2ccc(C3=CCC=C3)cc2n1)c1ccnc(C2CCN(C)CC2)c1. The Morgan fingerprint density at radius 2 is 1.94 bits per heavy atom. The molecule has 0 atom stereocenters. The zero-order valence-electron chi connectivity index (χ0n) is 18.0. The van der Waals surface area contributed by atoms with Crippen LogP contribution in [0.1, 0.15) is 42.0 Å². The van der Waals surface area contributed by atoms with E-state index in [4.69, 9.17) is 4.98 Å². The summed E-state index contributed by atoms with van der Waals surface area (Å²) in [5, 5.41) is 4.54. The lowest BCUT2D eigenvalue weighted by Crippen LogP contribution is -2.29. The number of hydrogen-bond donors (Lipinski definition) is 1. The lowest BCUT2D eigenvalue weighted by molar-refractivity contribution is 0.253. The minimum atomic E-state index is 0.528. The monoisotopic (exact) mass is 408 g/mol. The van der Waals surface area contributed by atoms with Crippen LogP contribution in [0.2, 0.25) is 0 Å². The maximum Gasteiger partial charge on any atom is 0.131 e. The first-order chi connectivity index (χ1) is 15.2. The Hall–Kier alpha value is -3.24. The molecule has 4 nitrogen and oxygen atoms in total. The summed E-state index contributed by atoms with van der Waals surface area (Å²) >= 11 is 0. The summed E-state index contributed by atoms with van der Waals surface area (Å²) in [6, 6.07) is 14.8. The lowest BCUT2D eigenvalue weighted by atomic mass is 9.92. The number of rotatable bonds is 5. The smallest absolute Gasteiger partial charge is 0.131 e. The molecule has 1 aliphatic carbocycles. The minimum absolute atomic E-state index is 0.528. The molecule has 1 N–H and O–H groups in total. The molecule has 5 rings (SSSR count). The number of piperidine rings is 1. The molecule has 0 radical (unpaired) electrons. The number of hydrogen-bond acceptors (Lipinski definition) is 4. The van der Waals surface area contributed by atoms with E-state index in [1.54, 1.807) is 0 Å². The molecule has 156 valence electrons. The fourth-order valence-electron chi connectivity index (χ4n) is 4.43. The summed E-state index contributed by atoms with van der Waals surface area (Å²) in [7, 11) is 2.19. The van der Waals surface area contributed by atoms with E-state index in [0.717, 1.165) is 60.3 Å². The molecule has 31 heavy (non-hydrogen) atoms. The highest BCUT2D eigenvalue weighted by atomic mass is 15.1. The molecule has 2 aromatic heterocycles. The molecule has 0 saturated carbocycles. The van der Waals surface area contributed by atoms with Crippen LogP contribution in [0, 0.1) is 0 Å². The Morgan fingerprint density at radius 3 is 2.74 bits per heavy atom. The predicted molar refractivity (Wildman–Crippen MR) is 130 cm³/mol. The van der Waals surface area contributed by atoms with Gasteiger partial charge < -0.3 is 10.2 Å². The largest absolute Gasteiger partial charge is 0.340 e. The summed E-state index contributed by atoms with van der Waals surface area (Å²) in [6.07, 6.45) is 11.8. The Balaban J connectivity index is 1.35. The standard InChI is InChI=1S/C27H28N4/c1-19(23-11-14-28-25(17-23)22-12-15-31(2)16-13-22)29-27-10-9-21-7-8-24(18-26(21)30-27)20-5-3-4-6-20/h3,5-11,14,17-18,22H,1,4,12-13,15-16H2,2H3,(H,29,30). The van der Waals surface area contributed by atoms with Crippen LogP contribution in [-0.4, -0.2) is 35.0 Å². The van der Waals surface area contributed by atoms with Gasteiger partial charge >= 0.3 is 0 Å². The first-order valence-electron chi connectivity index (χ1n) is 11.0. The molecule has 0 spiro atoms. The van der Waals surface area contributed by atoms with Crippen molar-refractivity contribution in [3.05, 3.63) is 90.3 Å². The normalized spacial score (nSPS) is 17.1. The van der Waals surface area contributed by atoms with Crippen LogP contribution in [0.5, 0.6) is 0 Å². The molecule has 3 aromatic rings. The van der Waals surface area contributed by atoms with Crippen LogP contribution < -0.4 is 5.32 Å². The first-order valence-corrected chi connectivity index (χ1v) is 11.0. The molecule has 1 aliphatic heterocycles. The Labute approximate surface area is 184 Å². The number of benzene rings is 1. The van der Waals surface area contributed by atoms with E-state index in [0.29, 0.717) is 5.92 Å². The number of aromatic nitrogens is 2. The Morgan fingerprint density at radius 1 is 1.10 bits per heavy atom. The average molecular weight is 409 g/mol. The highest BCUT2D eigenvalue weighted by Gasteiger charge is 2.20. The van der Waals surface area contributed by atoms with Gasteiger partial charge in [0.1, 0.15) is 5.82 Å². The quantitative estimate of drug-likeness (QED) is 0.574. The fraction of sp³-hybridized carbons (Fsp3) is 0.259. The number of nitrogens with one attached hydrogen (secondary N) is 1. The average Bonchev–Trinajstić information content (AvgIpc) is 3.34. The second kappa shape index (κ2) is 8.48. The number of anilines is 1. The maximum absolute atomic E-state index is 4.85. The second-order valence-corrected chi connectivity index (χ2v) is 8.55. The van der Waals surface area contributed by atoms with Crippen LogP contribution in [0.15, 0.2) is 73.5 Å². The van der Waals surface area contributed by atoms with Crippen molar-refractivity contribution in [1.29, 1.82) is 0 Å². The summed E-state index contributed by atoms with van der Waals surface area (Å²) in [5.74, 6) is 1.34. The van der Waals surface area contributed by atoms with Crippen LogP contribution in [-0.2, 0) is 0 Å². The van der Waals surface area contributed by atoms with Crippen LogP contribution in [0.4, 0.5) is 5.82 Å². The van der Waals surface area contributed by atoms with Gasteiger partial charge in [-0.1, -0.05) is 36.9 Å². The van der Waals surface area contributed by atoms with Gasteiger partial charge in [0.15, 0.2) is 0 Å². The topological polar surface area (TPSA) is 41.1 Å². The lowest BCUT2D eigenvalue weighted by Gasteiger charge is -2.28. The number of likely N-dealkylation sites (tertiary alicyclic amines) is 1. The number of fused-ring (bicyclic) bond motifs is 1. The van der Waals surface area contributed by atoms with Gasteiger partial charge in [-0.05, 0) is 80.9 Å². The van der Waals surface area contributed by atoms with Gasteiger partial charge in [-0.25, -0.2) is 4.98 Å². The van der Waals surface area contributed by atoms with Crippen LogP contribution >= 0.6 is 0 Å². The van der Waals surface area contributed by atoms with E-state index in [1.807, 2.05) is 18.3 Å². The van der Waals surface area contributed by atoms with Crippen molar-refractivity contribution in [2.24, 2.45) is 0 Å². The van der Waals surface area contributed by atoms with Crippen LogP contribution in [0.25, 0.3) is 22.2 Å². The zero-order valence-corrected chi connectivity index (χ0v) is 18.0. The molecular formula is C27H28N4. The molecule has 3 heterocycles. The molecule has 2 aliphatic rings. The third kappa shape index (κ3) is 4.30. The van der Waals surface area contributed by atoms with E-state index >= 15 is 0 Å². The second-order valence-electron chi connectivity index (χ2n) is 8.55. The van der Waals surface area contributed by atoms with Crippen molar-refractivity contribution >= 4 is 28.0 Å². The molecule has 1 fully saturated rings. The van der Waals surface area contributed by atoms with E-state index < -0.39 is 0 Å². The van der Waals surface area contributed by atoms with Gasteiger partial charge in [-0.2, -0.15) is 0 Å². The zero-order chi connectivity index (χ0) is 21.2. The summed E-state index contributed by atoms with van der Waals surface area (Å²) in [5.41, 5.74) is 6.55. The van der Waals surface area contributed by atoms with Gasteiger partial charge in [0.25, 0.3) is 0 Å². The molecule has 0 unspecified atom stereocenters. The van der Waals surface area contributed by atoms with E-state index in [9.17, 15) is 0 Å². The fourth-order valence-corrected chi connectivity index (χ4v) is 4.43. The molecule has 1 aromatic carbocycles. The Bertz CT molecular complexity index is 1180. The summed E-state index contributed by atoms with van der Waals surface area (Å²) < 4.78 is 0. The van der Waals surface area contributed by atoms with Gasteiger partial charge in [-0.15, -0.1) is 0 Å². The van der Waals surface area contributed by atoms with Gasteiger partial charge in [-0.3, -0.25) is 4.98 Å². The van der Waals surface area contributed by atoms with Crippen molar-refractivity contribution in [3.8, 4) is 0 Å². The van der Waals surface area contributed by atoms with Gasteiger partial charge in [0.05, 0.1) is 5.52 Å². The van der Waals surface area contributed by atoms with Crippen molar-refractivity contribution in [2.75, 3.05) is 25.5 Å². The van der Waals surface area contributed by atoms with Gasteiger partial charge in [0, 0.05) is 34.5 Å². The number of allylic oxidation sites excluding steroid dienone is 4. The summed E-state index contributed by atoms with van der Waals surface area (Å²) in [4.78, 5) is 11.9. The van der Waals surface area contributed by atoms with E-state index in [-0.39, 0.29) is 0 Å². The minimum Gasteiger partial charge on any atom is -0.340 e. The van der Waals surface area contributed by atoms with Crippen molar-refractivity contribution in [3.63, 3.8) is 0 Å². The third-order valence-corrected chi connectivity index (χ3v) is 6.34. The predicted octanol–water partition coefficient (Wildman–Crippen LogP) is 5.87. The van der Waals surface area contributed by atoms with E-state index in [2.05, 4.69) is 77.4 Å². The first kappa shape index (κ1) is 19.7. The molecular weight excluding hydrogens is 380 g/mol. The van der Waals surface area contributed by atoms with Crippen molar-refractivity contribution < 1.29 is 0 Å². The number of nitrogens with zero attached hydrogens (tertiary/aromatic N) is 3. The molecule has 1 saturated heterocycles. The van der Waals surface area contributed by atoms with E-state index in [1.165, 1.54) is 16.8 Å². The third-order valence-electron chi connectivity index (χ3n) is 6.34. The summed E-state index contributed by atoms with van der Waals surface area (Å²) in [6.45, 7) is 6.53. The molecule has 4 heteroatoms. The van der Waals surface area contributed by atoms with Crippen LogP contribution in [0.3, 0.4) is 0 Å². The maximum atomic E-state index is 4.85. The van der Waals surface area contributed by atoms with Crippen molar-refractivity contribution in [1.82, 2.24) is 14.9 Å². The van der Waals surface area contributed by atoms with Gasteiger partial charge in [0.2, 0.25) is 0 Å². The Kier molecular flexibility index (Phi) is 5.39. The highest BCUT2D eigenvalue weighted by Crippen LogP contribution is 2.29. The molecule has 0 bridgehead atoms. The van der Waals surface area contributed by atoms with Crippen molar-refractivity contribution in [2.45, 2.75) is 25.2 Å². The highest BCUT2D eigenvalue weighted by molar-refractivity contribution is 5.87. The number of pyridine rings is 2. The molecule has 0 amide bonds.